The van der Waals surface area contributed by atoms with Gasteiger partial charge in [-0.05, 0) is 39.5 Å². The van der Waals surface area contributed by atoms with Crippen molar-refractivity contribution in [1.82, 2.24) is 30.2 Å². The number of aryl methyl sites for hydroxylation is 2. The summed E-state index contributed by atoms with van der Waals surface area (Å²) in [6.07, 6.45) is 7.71. The Morgan fingerprint density at radius 3 is 2.84 bits per heavy atom. The number of rotatable bonds is 4. The van der Waals surface area contributed by atoms with Crippen LogP contribution in [0.5, 0.6) is 0 Å². The molecule has 7 nitrogen and oxygen atoms in total. The van der Waals surface area contributed by atoms with Crippen LogP contribution in [0.25, 0.3) is 0 Å². The number of hydrogen-bond acceptors (Lipinski definition) is 3. The maximum Gasteiger partial charge on any atom is 0.318 e. The second-order valence-corrected chi connectivity index (χ2v) is 6.86. The summed E-state index contributed by atoms with van der Waals surface area (Å²) in [6.45, 7) is 6.94. The lowest BCUT2D eigenvalue weighted by Gasteiger charge is -2.36. The van der Waals surface area contributed by atoms with E-state index in [2.05, 4.69) is 34.5 Å². The third-order valence-electron chi connectivity index (χ3n) is 5.29. The molecule has 2 amide bonds. The van der Waals surface area contributed by atoms with Crippen LogP contribution in [-0.2, 0) is 7.05 Å². The van der Waals surface area contributed by atoms with E-state index in [1.807, 2.05) is 35.9 Å². The highest BCUT2D eigenvalue weighted by Crippen LogP contribution is 2.31. The maximum atomic E-state index is 13.0. The predicted molar refractivity (Wildman–Crippen MR) is 96.1 cm³/mol. The first-order valence-corrected chi connectivity index (χ1v) is 9.08. The Labute approximate surface area is 148 Å². The molecule has 2 unspecified atom stereocenters. The van der Waals surface area contributed by atoms with Crippen LogP contribution >= 0.6 is 0 Å². The van der Waals surface area contributed by atoms with Gasteiger partial charge < -0.3 is 10.2 Å². The summed E-state index contributed by atoms with van der Waals surface area (Å²) < 4.78 is 1.88. The lowest BCUT2D eigenvalue weighted by molar-refractivity contribution is 0.148. The first kappa shape index (κ1) is 17.5. The summed E-state index contributed by atoms with van der Waals surface area (Å²) in [7, 11) is 1.94. The van der Waals surface area contributed by atoms with Gasteiger partial charge in [-0.15, -0.1) is 0 Å². The number of likely N-dealkylation sites (tertiary alicyclic amines) is 1. The summed E-state index contributed by atoms with van der Waals surface area (Å²) >= 11 is 0. The Morgan fingerprint density at radius 1 is 1.44 bits per heavy atom. The first-order valence-electron chi connectivity index (χ1n) is 9.08. The molecule has 2 N–H and O–H groups in total. The second kappa shape index (κ2) is 7.29. The van der Waals surface area contributed by atoms with Crippen LogP contribution in [0.2, 0.25) is 0 Å². The van der Waals surface area contributed by atoms with Crippen LogP contribution in [0.3, 0.4) is 0 Å². The largest absolute Gasteiger partial charge is 0.331 e. The summed E-state index contributed by atoms with van der Waals surface area (Å²) in [6, 6.07) is 0.0784. The minimum atomic E-state index is -0.0203. The van der Waals surface area contributed by atoms with E-state index in [4.69, 9.17) is 0 Å². The molecule has 1 saturated heterocycles. The van der Waals surface area contributed by atoms with Gasteiger partial charge in [0.15, 0.2) is 0 Å². The molecule has 0 spiro atoms. The monoisotopic (exact) mass is 344 g/mol. The van der Waals surface area contributed by atoms with Gasteiger partial charge in [0.05, 0.1) is 24.0 Å². The SMILES string of the molecule is CCC(NC(=O)N1CCCCC1c1cn[nH]c1)c1c(C)nn(C)c1C. The Balaban J connectivity index is 1.79. The van der Waals surface area contributed by atoms with Crippen molar-refractivity contribution in [2.24, 2.45) is 7.05 Å². The predicted octanol–water partition coefficient (Wildman–Crippen LogP) is 3.15. The van der Waals surface area contributed by atoms with Gasteiger partial charge in [0.1, 0.15) is 0 Å². The molecular weight excluding hydrogens is 316 g/mol. The summed E-state index contributed by atoms with van der Waals surface area (Å²) in [5.41, 5.74) is 4.30. The molecule has 3 rings (SSSR count). The van der Waals surface area contributed by atoms with Gasteiger partial charge in [-0.3, -0.25) is 9.78 Å². The van der Waals surface area contributed by atoms with Crippen molar-refractivity contribution in [1.29, 1.82) is 0 Å². The fourth-order valence-corrected chi connectivity index (χ4v) is 3.87. The molecule has 0 saturated carbocycles. The molecule has 2 aromatic heterocycles. The van der Waals surface area contributed by atoms with Crippen molar-refractivity contribution < 1.29 is 4.79 Å². The van der Waals surface area contributed by atoms with Crippen LogP contribution in [0, 0.1) is 13.8 Å². The summed E-state index contributed by atoms with van der Waals surface area (Å²) in [5, 5.41) is 14.6. The molecule has 2 atom stereocenters. The molecule has 3 heterocycles. The zero-order chi connectivity index (χ0) is 18.0. The van der Waals surface area contributed by atoms with Gasteiger partial charge in [-0.25, -0.2) is 4.79 Å². The third kappa shape index (κ3) is 3.41. The van der Waals surface area contributed by atoms with Crippen LogP contribution in [0.4, 0.5) is 4.79 Å². The van der Waals surface area contributed by atoms with Gasteiger partial charge >= 0.3 is 6.03 Å². The van der Waals surface area contributed by atoms with Crippen molar-refractivity contribution in [3.63, 3.8) is 0 Å². The molecule has 25 heavy (non-hydrogen) atoms. The third-order valence-corrected chi connectivity index (χ3v) is 5.29. The molecule has 1 aliphatic rings. The van der Waals surface area contributed by atoms with Crippen molar-refractivity contribution in [2.75, 3.05) is 6.54 Å². The number of carbonyl (C=O) groups excluding carboxylic acids is 1. The fraction of sp³-hybridized carbons (Fsp3) is 0.611. The topological polar surface area (TPSA) is 78.8 Å². The number of nitrogens with zero attached hydrogens (tertiary/aromatic N) is 4. The number of nitrogens with one attached hydrogen (secondary N) is 2. The fourth-order valence-electron chi connectivity index (χ4n) is 3.87. The molecule has 0 bridgehead atoms. The summed E-state index contributed by atoms with van der Waals surface area (Å²) in [4.78, 5) is 15.0. The number of urea groups is 1. The first-order chi connectivity index (χ1) is 12.0. The van der Waals surface area contributed by atoms with E-state index in [0.717, 1.165) is 54.7 Å². The van der Waals surface area contributed by atoms with Crippen LogP contribution < -0.4 is 5.32 Å². The molecule has 0 aromatic carbocycles. The standard InChI is InChI=1S/C18H28N6O/c1-5-15(17-12(2)22-23(4)13(17)3)21-18(25)24-9-7-6-8-16(24)14-10-19-20-11-14/h10-11,15-16H,5-9H2,1-4H3,(H,19,20)(H,21,25). The molecule has 1 fully saturated rings. The second-order valence-electron chi connectivity index (χ2n) is 6.86. The molecule has 0 radical (unpaired) electrons. The van der Waals surface area contributed by atoms with Crippen LogP contribution in [0.15, 0.2) is 12.4 Å². The smallest absolute Gasteiger partial charge is 0.318 e. The van der Waals surface area contributed by atoms with E-state index in [1.54, 1.807) is 0 Å². The Kier molecular flexibility index (Phi) is 5.11. The zero-order valence-electron chi connectivity index (χ0n) is 15.5. The lowest BCUT2D eigenvalue weighted by Crippen LogP contribution is -2.45. The number of H-pyrrole nitrogens is 1. The maximum absolute atomic E-state index is 13.0. The highest BCUT2D eigenvalue weighted by Gasteiger charge is 2.30. The van der Waals surface area contributed by atoms with Crippen molar-refractivity contribution >= 4 is 6.03 Å². The quantitative estimate of drug-likeness (QED) is 0.894. The molecule has 1 aliphatic heterocycles. The number of aromatic amines is 1. The highest BCUT2D eigenvalue weighted by molar-refractivity contribution is 5.75. The number of hydrogen-bond donors (Lipinski definition) is 2. The number of carbonyl (C=O) groups is 1. The molecule has 136 valence electrons. The van der Waals surface area contributed by atoms with Gasteiger partial charge in [-0.2, -0.15) is 10.2 Å². The minimum absolute atomic E-state index is 0.000373. The highest BCUT2D eigenvalue weighted by atomic mass is 16.2. The number of piperidine rings is 1. The van der Waals surface area contributed by atoms with Gasteiger partial charge in [0, 0.05) is 36.6 Å². The van der Waals surface area contributed by atoms with E-state index < -0.39 is 0 Å². The van der Waals surface area contributed by atoms with Gasteiger partial charge in [0.25, 0.3) is 0 Å². The summed E-state index contributed by atoms with van der Waals surface area (Å²) in [5.74, 6) is 0. The van der Waals surface area contributed by atoms with Crippen LogP contribution in [-0.4, -0.2) is 37.5 Å². The minimum Gasteiger partial charge on any atom is -0.331 e. The van der Waals surface area contributed by atoms with E-state index in [9.17, 15) is 4.79 Å². The van der Waals surface area contributed by atoms with Crippen molar-refractivity contribution in [3.8, 4) is 0 Å². The molecule has 2 aromatic rings. The number of amides is 2. The van der Waals surface area contributed by atoms with Crippen molar-refractivity contribution in [2.45, 2.75) is 58.5 Å². The zero-order valence-corrected chi connectivity index (χ0v) is 15.5. The van der Waals surface area contributed by atoms with Gasteiger partial charge in [-0.1, -0.05) is 6.92 Å². The number of aromatic nitrogens is 4. The van der Waals surface area contributed by atoms with Gasteiger partial charge in [0.2, 0.25) is 0 Å². The Morgan fingerprint density at radius 2 is 2.24 bits per heavy atom. The molecule has 0 aliphatic carbocycles. The van der Waals surface area contributed by atoms with Crippen molar-refractivity contribution in [3.05, 3.63) is 34.9 Å². The van der Waals surface area contributed by atoms with E-state index in [-0.39, 0.29) is 18.1 Å². The molecule has 7 heteroatoms. The average molecular weight is 344 g/mol. The van der Waals surface area contributed by atoms with E-state index in [1.165, 1.54) is 0 Å². The average Bonchev–Trinajstić information content (AvgIpc) is 3.22. The van der Waals surface area contributed by atoms with E-state index >= 15 is 0 Å². The van der Waals surface area contributed by atoms with E-state index in [0.29, 0.717) is 0 Å². The van der Waals surface area contributed by atoms with Crippen LogP contribution in [0.1, 0.15) is 67.2 Å². The lowest BCUT2D eigenvalue weighted by atomic mass is 9.97. The Bertz CT molecular complexity index is 720. The molecular formula is C18H28N6O. The normalized spacial score (nSPS) is 19.0. The Hall–Kier alpha value is -2.31.